The molecule has 1 amide bonds. The first-order valence-corrected chi connectivity index (χ1v) is 22.5. The Morgan fingerprint density at radius 1 is 0.969 bits per heavy atom. The number of aryl methyl sites for hydroxylation is 1. The van der Waals surface area contributed by atoms with E-state index in [4.69, 9.17) is 18.9 Å². The fourth-order valence-electron chi connectivity index (χ4n) is 12.7. The van der Waals surface area contributed by atoms with E-state index >= 15 is 4.79 Å². The van der Waals surface area contributed by atoms with Crippen molar-refractivity contribution in [2.45, 2.75) is 143 Å². The summed E-state index contributed by atoms with van der Waals surface area (Å²) in [4.78, 5) is 55.6. The molecule has 1 spiro atoms. The van der Waals surface area contributed by atoms with Crippen molar-refractivity contribution in [3.63, 3.8) is 0 Å². The SMILES string of the molecule is COc1cc(C)c(C(=O)N[C@@H]2[C@H](C)O[C@H](O[C@@H]3CC[C@H](C)[C@@H]4[C@@H]3C=C(C)[C@@H]3/C(C)=C\CC/C(C)=C\[C@]5(C)C=C(C(=O)O)[C@H](C)C[C@@]56OC(=O)C(=C(O)[C@@]43C)C6=O)[C@H](O)[C@@]2(C)O)c(O)c1. The zero-order valence-electron chi connectivity index (χ0n) is 38.8. The van der Waals surface area contributed by atoms with Gasteiger partial charge in [-0.3, -0.25) is 9.59 Å². The molecule has 348 valence electrons. The van der Waals surface area contributed by atoms with Gasteiger partial charge in [0.1, 0.15) is 34.5 Å². The molecule has 64 heavy (non-hydrogen) atoms. The number of amides is 1. The maximum atomic E-state index is 15.2. The Balaban J connectivity index is 1.26. The lowest BCUT2D eigenvalue weighted by Gasteiger charge is -2.57. The van der Waals surface area contributed by atoms with Crippen LogP contribution >= 0.6 is 0 Å². The molecule has 3 fully saturated rings. The van der Waals surface area contributed by atoms with Crippen molar-refractivity contribution in [2.75, 3.05) is 7.11 Å². The molecule has 6 aliphatic rings. The molecule has 1 saturated carbocycles. The molecule has 0 aromatic heterocycles. The molecule has 14 nitrogen and oxygen atoms in total. The molecular weight excluding hydrogens is 823 g/mol. The molecule has 4 aliphatic carbocycles. The number of carboxylic acid groups (broad SMARTS) is 1. The van der Waals surface area contributed by atoms with E-state index in [1.807, 2.05) is 33.8 Å². The molecule has 2 aliphatic heterocycles. The molecule has 0 unspecified atom stereocenters. The average Bonchev–Trinajstić information content (AvgIpc) is 3.45. The second-order valence-electron chi connectivity index (χ2n) is 20.2. The van der Waals surface area contributed by atoms with Crippen LogP contribution in [-0.2, 0) is 28.6 Å². The van der Waals surface area contributed by atoms with Crippen LogP contribution in [-0.4, -0.2) is 98.1 Å². The van der Waals surface area contributed by atoms with Gasteiger partial charge in [-0.05, 0) is 104 Å². The number of rotatable bonds is 6. The molecule has 2 bridgehead atoms. The quantitative estimate of drug-likeness (QED) is 0.0995. The van der Waals surface area contributed by atoms with Gasteiger partial charge >= 0.3 is 11.9 Å². The lowest BCUT2D eigenvalue weighted by molar-refractivity contribution is -0.315. The Kier molecular flexibility index (Phi) is 12.2. The van der Waals surface area contributed by atoms with E-state index in [1.165, 1.54) is 20.1 Å². The number of aliphatic hydroxyl groups is 3. The molecule has 14 heteroatoms. The van der Waals surface area contributed by atoms with Crippen LogP contribution in [0.1, 0.15) is 110 Å². The minimum Gasteiger partial charge on any atom is -0.511 e. The smallest absolute Gasteiger partial charge is 0.346 e. The van der Waals surface area contributed by atoms with Crippen LogP contribution in [0, 0.1) is 47.3 Å². The Morgan fingerprint density at radius 2 is 1.66 bits per heavy atom. The topological polar surface area (TPSA) is 218 Å². The number of hydrogen-bond acceptors (Lipinski definition) is 12. The number of Topliss-reactive ketones (excluding diaryl/α,β-unsaturated/α-hetero) is 1. The molecule has 7 rings (SSSR count). The minimum atomic E-state index is -1.97. The number of esters is 1. The number of phenolic OH excluding ortho intramolecular Hbond substituents is 1. The van der Waals surface area contributed by atoms with Gasteiger partial charge in [-0.2, -0.15) is 0 Å². The summed E-state index contributed by atoms with van der Waals surface area (Å²) in [5.41, 5.74) is -3.52. The Morgan fingerprint density at radius 3 is 2.30 bits per heavy atom. The first kappa shape index (κ1) is 47.2. The average molecular weight is 888 g/mol. The lowest BCUT2D eigenvalue weighted by atomic mass is 9.49. The number of aliphatic hydroxyl groups excluding tert-OH is 2. The predicted molar refractivity (Wildman–Crippen MR) is 235 cm³/mol. The summed E-state index contributed by atoms with van der Waals surface area (Å²) >= 11 is 0. The van der Waals surface area contributed by atoms with E-state index in [0.29, 0.717) is 37.0 Å². The van der Waals surface area contributed by atoms with Crippen molar-refractivity contribution in [3.05, 3.63) is 81.2 Å². The fourth-order valence-corrected chi connectivity index (χ4v) is 12.7. The van der Waals surface area contributed by atoms with Gasteiger partial charge in [-0.1, -0.05) is 61.8 Å². The van der Waals surface area contributed by atoms with Crippen molar-refractivity contribution in [1.29, 1.82) is 0 Å². The molecule has 2 saturated heterocycles. The lowest BCUT2D eigenvalue weighted by Crippen LogP contribution is -2.70. The summed E-state index contributed by atoms with van der Waals surface area (Å²) in [6, 6.07) is 1.78. The van der Waals surface area contributed by atoms with Crippen LogP contribution in [0.2, 0.25) is 0 Å². The van der Waals surface area contributed by atoms with Gasteiger partial charge in [-0.15, -0.1) is 0 Å². The fraction of sp³-hybridized carbons (Fsp3) is 0.600. The molecule has 14 atom stereocenters. The first-order valence-electron chi connectivity index (χ1n) is 22.5. The highest BCUT2D eigenvalue weighted by Crippen LogP contribution is 2.62. The van der Waals surface area contributed by atoms with Gasteiger partial charge < -0.3 is 49.8 Å². The minimum absolute atomic E-state index is 0.0168. The third kappa shape index (κ3) is 7.32. The molecule has 0 radical (unpaired) electrons. The van der Waals surface area contributed by atoms with Crippen molar-refractivity contribution < 1.29 is 63.7 Å². The molecule has 2 heterocycles. The van der Waals surface area contributed by atoms with E-state index in [0.717, 1.165) is 16.7 Å². The second kappa shape index (κ2) is 16.6. The summed E-state index contributed by atoms with van der Waals surface area (Å²) in [5, 5.41) is 60.3. The van der Waals surface area contributed by atoms with Crippen LogP contribution in [0.5, 0.6) is 11.5 Å². The predicted octanol–water partition coefficient (Wildman–Crippen LogP) is 6.71. The van der Waals surface area contributed by atoms with Crippen LogP contribution in [0.15, 0.2) is 70.1 Å². The van der Waals surface area contributed by atoms with Crippen molar-refractivity contribution in [1.82, 2.24) is 5.32 Å². The van der Waals surface area contributed by atoms with Gasteiger partial charge in [0, 0.05) is 35.3 Å². The number of hydrogen-bond donors (Lipinski definition) is 6. The number of benzene rings is 1. The Labute approximate surface area is 375 Å². The van der Waals surface area contributed by atoms with E-state index in [-0.39, 0.29) is 35.0 Å². The highest BCUT2D eigenvalue weighted by Gasteiger charge is 2.67. The normalized spacial score (nSPS) is 41.7. The molecular formula is C50H65NO13. The van der Waals surface area contributed by atoms with Gasteiger partial charge in [-0.25, -0.2) is 9.59 Å². The number of aliphatic carboxylic acids is 1. The number of allylic oxidation sites excluding steroid dienone is 5. The number of ketones is 1. The van der Waals surface area contributed by atoms with Crippen LogP contribution in [0.4, 0.5) is 0 Å². The number of carbonyl (C=O) groups excluding carboxylic acids is 3. The van der Waals surface area contributed by atoms with Gasteiger partial charge in [0.2, 0.25) is 5.78 Å². The van der Waals surface area contributed by atoms with Crippen LogP contribution in [0.25, 0.3) is 0 Å². The van der Waals surface area contributed by atoms with Gasteiger partial charge in [0.25, 0.3) is 5.91 Å². The van der Waals surface area contributed by atoms with E-state index in [2.05, 4.69) is 24.4 Å². The number of fused-ring (bicyclic) bond motifs is 4. The summed E-state index contributed by atoms with van der Waals surface area (Å²) in [7, 11) is 1.44. The Bertz CT molecular complexity index is 2280. The third-order valence-corrected chi connectivity index (χ3v) is 15.7. The van der Waals surface area contributed by atoms with Crippen molar-refractivity contribution in [3.8, 4) is 11.5 Å². The summed E-state index contributed by atoms with van der Waals surface area (Å²) in [5.74, 6) is -5.78. The maximum Gasteiger partial charge on any atom is 0.346 e. The number of nitrogens with one attached hydrogen (secondary N) is 1. The summed E-state index contributed by atoms with van der Waals surface area (Å²) in [6.45, 7) is 18.0. The van der Waals surface area contributed by atoms with Crippen molar-refractivity contribution in [2.24, 2.45) is 40.4 Å². The van der Waals surface area contributed by atoms with Crippen LogP contribution < -0.4 is 10.1 Å². The first-order chi connectivity index (χ1) is 29.8. The number of phenols is 1. The number of methoxy groups -OCH3 is 1. The number of ether oxygens (including phenoxy) is 4. The van der Waals surface area contributed by atoms with E-state index < -0.39 is 106 Å². The standard InChI is InChI=1S/C50H65NO13/c1-23-13-12-14-24(2)37-27(5)18-31-34(63-46-42(55)49(10,60)39(29(7)62-46)51-43(56)35-26(4)17-30(61-11)19-33(35)52)16-15-25(3)38(31)48(37,9)40(53)36-41(54)50(64-45(36)59)21-28(6)32(44(57)58)22-47(50,8)20-23/h14,17-20,22,25,28-29,31,34,37-39,42,46,52-53,55,60H,12-13,15-16,21H2,1-11H3,(H,51,56)(H,57,58)/b23-20-,24-14-,40-36?/t25-,28+,29-,31+,34+,37-,38+,39+,42-,46+,47+,48+,49-,50-/m0/s1. The van der Waals surface area contributed by atoms with Crippen LogP contribution in [0.3, 0.4) is 0 Å². The van der Waals surface area contributed by atoms with Gasteiger partial charge in [0.15, 0.2) is 11.9 Å². The number of aromatic hydroxyl groups is 1. The second-order valence-corrected chi connectivity index (χ2v) is 20.2. The maximum absolute atomic E-state index is 15.2. The Hall–Kier alpha value is -4.76. The molecule has 1 aromatic rings. The van der Waals surface area contributed by atoms with Gasteiger partial charge in [0.05, 0.1) is 36.3 Å². The number of carboxylic acids is 1. The third-order valence-electron chi connectivity index (χ3n) is 15.7. The molecule has 6 N–H and O–H groups in total. The van der Waals surface area contributed by atoms with Crippen molar-refractivity contribution >= 4 is 23.6 Å². The number of carbonyl (C=O) groups is 4. The summed E-state index contributed by atoms with van der Waals surface area (Å²) < 4.78 is 24.4. The highest BCUT2D eigenvalue weighted by molar-refractivity contribution is 6.26. The zero-order chi connectivity index (χ0) is 47.2. The van der Waals surface area contributed by atoms with E-state index in [9.17, 15) is 39.9 Å². The highest BCUT2D eigenvalue weighted by atomic mass is 16.7. The summed E-state index contributed by atoms with van der Waals surface area (Å²) in [6.07, 6.45) is 5.40. The monoisotopic (exact) mass is 887 g/mol. The zero-order valence-corrected chi connectivity index (χ0v) is 38.8. The largest absolute Gasteiger partial charge is 0.511 e. The van der Waals surface area contributed by atoms with E-state index in [1.54, 1.807) is 39.8 Å². The molecule has 1 aromatic carbocycles.